The average Bonchev–Trinajstić information content (AvgIpc) is 2.96. The van der Waals surface area contributed by atoms with Gasteiger partial charge in [0.05, 0.1) is 37.6 Å². The molecule has 194 valence electrons. The normalized spacial score (nSPS) is 24.5. The molecule has 0 saturated carbocycles. The zero-order chi connectivity index (χ0) is 25.6. The molecular weight excluding hydrogens is 470 g/mol. The van der Waals surface area contributed by atoms with Crippen molar-refractivity contribution in [3.05, 3.63) is 95.3 Å². The molecule has 3 heterocycles. The molecule has 4 atom stereocenters. The Hall–Kier alpha value is -3.14. The molecule has 8 heteroatoms. The number of nitrogens with zero attached hydrogens (tertiary/aromatic N) is 2. The summed E-state index contributed by atoms with van der Waals surface area (Å²) >= 11 is 0. The summed E-state index contributed by atoms with van der Waals surface area (Å²) in [5.41, 5.74) is 4.00. The number of amides is 1. The Bertz CT molecular complexity index is 1150. The Kier molecular flexibility index (Phi) is 8.23. The second-order valence-corrected chi connectivity index (χ2v) is 9.55. The highest BCUT2D eigenvalue weighted by atomic mass is 16.7. The fourth-order valence-corrected chi connectivity index (χ4v) is 4.79. The lowest BCUT2D eigenvalue weighted by molar-refractivity contribution is -0.277. The zero-order valence-corrected chi connectivity index (χ0v) is 21.0. The quantitative estimate of drug-likeness (QED) is 0.504. The summed E-state index contributed by atoms with van der Waals surface area (Å²) in [6, 6.07) is 19.0. The number of morpholine rings is 1. The molecule has 2 N–H and O–H groups in total. The molecule has 0 radical (unpaired) electrons. The van der Waals surface area contributed by atoms with E-state index >= 15 is 0 Å². The van der Waals surface area contributed by atoms with E-state index in [9.17, 15) is 9.90 Å². The summed E-state index contributed by atoms with van der Waals surface area (Å²) in [5, 5.41) is 12.4. The zero-order valence-electron chi connectivity index (χ0n) is 21.0. The van der Waals surface area contributed by atoms with E-state index in [0.717, 1.165) is 49.5 Å². The van der Waals surface area contributed by atoms with E-state index in [1.165, 1.54) is 6.20 Å². The number of hydrogen-bond acceptors (Lipinski definition) is 7. The number of ether oxygens (including phenoxy) is 3. The van der Waals surface area contributed by atoms with Gasteiger partial charge in [0.15, 0.2) is 6.29 Å². The summed E-state index contributed by atoms with van der Waals surface area (Å²) in [5.74, 6) is -0.0890. The molecule has 2 aromatic carbocycles. The van der Waals surface area contributed by atoms with Crippen molar-refractivity contribution in [3.63, 3.8) is 0 Å². The van der Waals surface area contributed by atoms with Gasteiger partial charge in [-0.15, -0.1) is 0 Å². The number of nitrogens with one attached hydrogen (secondary N) is 1. The van der Waals surface area contributed by atoms with Crippen LogP contribution in [-0.4, -0.2) is 59.8 Å². The molecule has 0 bridgehead atoms. The fraction of sp³-hybridized carbons (Fsp3) is 0.379. The molecule has 2 saturated heterocycles. The van der Waals surface area contributed by atoms with Crippen LogP contribution in [0, 0.1) is 5.92 Å². The highest BCUT2D eigenvalue weighted by Gasteiger charge is 2.39. The highest BCUT2D eigenvalue weighted by Crippen LogP contribution is 2.42. The van der Waals surface area contributed by atoms with Gasteiger partial charge in [-0.2, -0.15) is 0 Å². The average molecular weight is 504 g/mol. The number of hydrogen-bond donors (Lipinski definition) is 2. The van der Waals surface area contributed by atoms with Crippen LogP contribution in [0.25, 0.3) is 0 Å². The van der Waals surface area contributed by atoms with E-state index < -0.39 is 6.29 Å². The molecule has 3 aromatic rings. The topological polar surface area (TPSA) is 93.2 Å². The van der Waals surface area contributed by atoms with Crippen LogP contribution in [0.5, 0.6) is 0 Å². The second kappa shape index (κ2) is 11.9. The van der Waals surface area contributed by atoms with E-state index in [0.29, 0.717) is 11.3 Å². The molecule has 0 spiro atoms. The van der Waals surface area contributed by atoms with Crippen LogP contribution in [-0.2, 0) is 20.8 Å². The Morgan fingerprint density at radius 2 is 1.76 bits per heavy atom. The predicted octanol–water partition coefficient (Wildman–Crippen LogP) is 3.95. The van der Waals surface area contributed by atoms with Crippen LogP contribution in [0.4, 0.5) is 5.69 Å². The minimum Gasteiger partial charge on any atom is -0.392 e. The lowest BCUT2D eigenvalue weighted by Gasteiger charge is -2.43. The van der Waals surface area contributed by atoms with Crippen molar-refractivity contribution < 1.29 is 24.1 Å². The van der Waals surface area contributed by atoms with Gasteiger partial charge in [-0.1, -0.05) is 43.3 Å². The van der Waals surface area contributed by atoms with Gasteiger partial charge in [0.25, 0.3) is 5.91 Å². The summed E-state index contributed by atoms with van der Waals surface area (Å²) in [6.45, 7) is 6.23. The summed E-state index contributed by atoms with van der Waals surface area (Å²) in [4.78, 5) is 18.9. The fourth-order valence-electron chi connectivity index (χ4n) is 4.79. The lowest BCUT2D eigenvalue weighted by atomic mass is 9.90. The number of aliphatic hydroxyl groups is 1. The Morgan fingerprint density at radius 1 is 1.03 bits per heavy atom. The first kappa shape index (κ1) is 25.5. The Labute approximate surface area is 217 Å². The summed E-state index contributed by atoms with van der Waals surface area (Å²) < 4.78 is 18.6. The number of aromatic nitrogens is 1. The number of aliphatic hydroxyl groups excluding tert-OH is 1. The van der Waals surface area contributed by atoms with Crippen LogP contribution in [0.3, 0.4) is 0 Å². The van der Waals surface area contributed by atoms with Gasteiger partial charge in [0, 0.05) is 49.2 Å². The summed E-state index contributed by atoms with van der Waals surface area (Å²) in [6.07, 6.45) is 2.42. The monoisotopic (exact) mass is 503 g/mol. The maximum absolute atomic E-state index is 12.5. The number of anilines is 1. The molecule has 1 aromatic heterocycles. The van der Waals surface area contributed by atoms with Crippen molar-refractivity contribution in [2.45, 2.75) is 32.0 Å². The van der Waals surface area contributed by atoms with Crippen LogP contribution in [0.1, 0.15) is 46.4 Å². The first-order chi connectivity index (χ1) is 18.1. The first-order valence-corrected chi connectivity index (χ1v) is 12.7. The maximum Gasteiger partial charge on any atom is 0.257 e. The van der Waals surface area contributed by atoms with Crippen molar-refractivity contribution in [1.29, 1.82) is 0 Å². The number of carbonyl (C=O) groups excluding carboxylic acids is 1. The van der Waals surface area contributed by atoms with Crippen molar-refractivity contribution in [2.24, 2.45) is 5.92 Å². The predicted molar refractivity (Wildman–Crippen MR) is 139 cm³/mol. The van der Waals surface area contributed by atoms with Crippen LogP contribution >= 0.6 is 0 Å². The number of carbonyl (C=O) groups is 1. The van der Waals surface area contributed by atoms with Crippen molar-refractivity contribution in [1.82, 2.24) is 9.88 Å². The maximum atomic E-state index is 12.5. The minimum atomic E-state index is -0.548. The lowest BCUT2D eigenvalue weighted by Crippen LogP contribution is -2.47. The number of pyridine rings is 1. The van der Waals surface area contributed by atoms with Crippen LogP contribution in [0.2, 0.25) is 0 Å². The molecule has 0 aliphatic carbocycles. The molecule has 2 aliphatic heterocycles. The van der Waals surface area contributed by atoms with Gasteiger partial charge < -0.3 is 24.6 Å². The smallest absolute Gasteiger partial charge is 0.257 e. The van der Waals surface area contributed by atoms with Gasteiger partial charge in [0.2, 0.25) is 0 Å². The third-order valence-corrected chi connectivity index (χ3v) is 7.03. The molecule has 1 amide bonds. The van der Waals surface area contributed by atoms with Gasteiger partial charge in [-0.3, -0.25) is 14.7 Å². The van der Waals surface area contributed by atoms with Gasteiger partial charge in [0.1, 0.15) is 0 Å². The molecular formula is C29H33N3O5. The third kappa shape index (κ3) is 6.23. The van der Waals surface area contributed by atoms with Gasteiger partial charge in [-0.25, -0.2) is 0 Å². The number of rotatable bonds is 7. The standard InChI is InChI=1S/C29H33N3O5/c1-20-26(18-32-13-15-35-16-14-32)36-29(37-27(20)22-6-4-21(19-33)5-7-22)23-8-10-25(11-9-23)31-28(34)24-3-2-12-30-17-24/h2-12,17,20,26-27,29,33H,13-16,18-19H2,1H3,(H,31,34)/t20-,26+,27+,29+/m1/s1. The first-order valence-electron chi connectivity index (χ1n) is 12.7. The number of benzene rings is 2. The molecule has 0 unspecified atom stereocenters. The van der Waals surface area contributed by atoms with E-state index in [4.69, 9.17) is 14.2 Å². The van der Waals surface area contributed by atoms with Crippen molar-refractivity contribution >= 4 is 11.6 Å². The highest BCUT2D eigenvalue weighted by molar-refractivity contribution is 6.03. The van der Waals surface area contributed by atoms with E-state index in [1.54, 1.807) is 18.3 Å². The Balaban J connectivity index is 1.34. The second-order valence-electron chi connectivity index (χ2n) is 9.55. The molecule has 5 rings (SSSR count). The minimum absolute atomic E-state index is 0.0103. The molecule has 8 nitrogen and oxygen atoms in total. The largest absolute Gasteiger partial charge is 0.392 e. The van der Waals surface area contributed by atoms with E-state index in [2.05, 4.69) is 22.1 Å². The van der Waals surface area contributed by atoms with E-state index in [1.807, 2.05) is 48.5 Å². The van der Waals surface area contributed by atoms with E-state index in [-0.39, 0.29) is 30.6 Å². The Morgan fingerprint density at radius 3 is 2.43 bits per heavy atom. The molecule has 2 aliphatic rings. The third-order valence-electron chi connectivity index (χ3n) is 7.03. The van der Waals surface area contributed by atoms with Crippen molar-refractivity contribution in [2.75, 3.05) is 38.2 Å². The van der Waals surface area contributed by atoms with Gasteiger partial charge in [-0.05, 0) is 35.4 Å². The van der Waals surface area contributed by atoms with Gasteiger partial charge >= 0.3 is 0 Å². The van der Waals surface area contributed by atoms with Crippen molar-refractivity contribution in [3.8, 4) is 0 Å². The molecule has 2 fully saturated rings. The summed E-state index contributed by atoms with van der Waals surface area (Å²) in [7, 11) is 0. The SMILES string of the molecule is C[C@@H]1[C@H](CN2CCOCC2)O[C@H](c2ccc(NC(=O)c3cccnc3)cc2)O[C@@H]1c1ccc(CO)cc1. The van der Waals surface area contributed by atoms with Crippen LogP contribution < -0.4 is 5.32 Å². The molecule has 37 heavy (non-hydrogen) atoms. The van der Waals surface area contributed by atoms with Crippen LogP contribution in [0.15, 0.2) is 73.1 Å².